The molecular weight excluding hydrogens is 219 g/mol. The molecule has 0 saturated carbocycles. The number of methoxy groups -OCH3 is 1. The second-order valence-corrected chi connectivity index (χ2v) is 4.51. The van der Waals surface area contributed by atoms with Crippen LogP contribution in [0.15, 0.2) is 12.1 Å². The molecule has 1 aliphatic rings. The van der Waals surface area contributed by atoms with E-state index in [1.165, 1.54) is 7.11 Å². The summed E-state index contributed by atoms with van der Waals surface area (Å²) < 4.78 is 18.7. The van der Waals surface area contributed by atoms with E-state index in [4.69, 9.17) is 10.5 Å². The van der Waals surface area contributed by atoms with Crippen LogP contribution < -0.4 is 10.5 Å². The third kappa shape index (κ3) is 2.28. The Morgan fingerprint density at radius 2 is 2.29 bits per heavy atom. The number of rotatable bonds is 3. The van der Waals surface area contributed by atoms with Gasteiger partial charge in [-0.25, -0.2) is 4.39 Å². The fourth-order valence-electron chi connectivity index (χ4n) is 2.52. The van der Waals surface area contributed by atoms with Gasteiger partial charge in [-0.1, -0.05) is 0 Å². The minimum absolute atomic E-state index is 0.276. The molecule has 1 aromatic carbocycles. The van der Waals surface area contributed by atoms with Gasteiger partial charge < -0.3 is 10.5 Å². The summed E-state index contributed by atoms with van der Waals surface area (Å²) in [6.07, 6.45) is 1.77. The Morgan fingerprint density at radius 3 is 2.94 bits per heavy atom. The number of benzene rings is 1. The number of halogens is 1. The Bertz CT molecular complexity index is 409. The highest BCUT2D eigenvalue weighted by Gasteiger charge is 2.25. The zero-order valence-corrected chi connectivity index (χ0v) is 10.4. The van der Waals surface area contributed by atoms with Crippen molar-refractivity contribution < 1.29 is 9.13 Å². The lowest BCUT2D eigenvalue weighted by Gasteiger charge is -2.34. The minimum Gasteiger partial charge on any atom is -0.494 e. The highest BCUT2D eigenvalue weighted by molar-refractivity contribution is 5.40. The lowest BCUT2D eigenvalue weighted by atomic mass is 9.90. The first-order valence-corrected chi connectivity index (χ1v) is 5.94. The van der Waals surface area contributed by atoms with Crippen LogP contribution in [0.3, 0.4) is 0 Å². The quantitative estimate of drug-likeness (QED) is 0.871. The molecule has 0 spiro atoms. The Kier molecular flexibility index (Phi) is 3.64. The van der Waals surface area contributed by atoms with Gasteiger partial charge in [-0.05, 0) is 49.7 Å². The average Bonchev–Trinajstić information content (AvgIpc) is 2.32. The zero-order chi connectivity index (χ0) is 12.4. The summed E-state index contributed by atoms with van der Waals surface area (Å²) in [7, 11) is 3.58. The maximum atomic E-state index is 13.6. The van der Waals surface area contributed by atoms with Crippen molar-refractivity contribution in [3.8, 4) is 5.75 Å². The predicted octanol–water partition coefficient (Wildman–Crippen LogP) is 1.71. The Balaban J connectivity index is 2.42. The monoisotopic (exact) mass is 238 g/mol. The van der Waals surface area contributed by atoms with Crippen LogP contribution in [0.4, 0.5) is 4.39 Å². The molecule has 0 saturated heterocycles. The van der Waals surface area contributed by atoms with Crippen molar-refractivity contribution in [2.45, 2.75) is 18.9 Å². The summed E-state index contributed by atoms with van der Waals surface area (Å²) in [5, 5.41) is 0. The third-order valence-corrected chi connectivity index (χ3v) is 3.48. The molecule has 0 amide bonds. The smallest absolute Gasteiger partial charge is 0.165 e. The van der Waals surface area contributed by atoms with Gasteiger partial charge in [0.25, 0.3) is 0 Å². The molecule has 1 atom stereocenters. The molecule has 0 radical (unpaired) electrons. The highest BCUT2D eigenvalue weighted by Crippen LogP contribution is 2.34. The molecule has 0 aromatic heterocycles. The minimum atomic E-state index is -0.276. The summed E-state index contributed by atoms with van der Waals surface area (Å²) in [5.41, 5.74) is 7.89. The van der Waals surface area contributed by atoms with Crippen LogP contribution >= 0.6 is 0 Å². The first kappa shape index (κ1) is 12.3. The Hall–Kier alpha value is -1.13. The van der Waals surface area contributed by atoms with E-state index in [0.29, 0.717) is 12.3 Å². The van der Waals surface area contributed by atoms with Crippen molar-refractivity contribution in [2.24, 2.45) is 5.73 Å². The Labute approximate surface area is 101 Å². The second-order valence-electron chi connectivity index (χ2n) is 4.51. The van der Waals surface area contributed by atoms with E-state index in [2.05, 4.69) is 11.9 Å². The van der Waals surface area contributed by atoms with E-state index in [1.807, 2.05) is 6.07 Å². The highest BCUT2D eigenvalue weighted by atomic mass is 19.1. The fraction of sp³-hybridized carbons (Fsp3) is 0.538. The van der Waals surface area contributed by atoms with Crippen molar-refractivity contribution in [3.63, 3.8) is 0 Å². The normalized spacial score (nSPS) is 20.1. The van der Waals surface area contributed by atoms with Crippen LogP contribution in [0, 0.1) is 5.82 Å². The topological polar surface area (TPSA) is 38.5 Å². The van der Waals surface area contributed by atoms with Gasteiger partial charge in [0.2, 0.25) is 0 Å². The van der Waals surface area contributed by atoms with E-state index < -0.39 is 0 Å². The van der Waals surface area contributed by atoms with Crippen molar-refractivity contribution >= 4 is 0 Å². The lowest BCUT2D eigenvalue weighted by molar-refractivity contribution is 0.220. The SMILES string of the molecule is COc1cc2c(cc1F)CCN(C)C2CCN. The first-order valence-electron chi connectivity index (χ1n) is 5.94. The van der Waals surface area contributed by atoms with E-state index in [9.17, 15) is 4.39 Å². The molecule has 0 bridgehead atoms. The maximum absolute atomic E-state index is 13.6. The summed E-state index contributed by atoms with van der Waals surface area (Å²) in [6, 6.07) is 3.70. The van der Waals surface area contributed by atoms with Crippen molar-refractivity contribution in [2.75, 3.05) is 27.2 Å². The van der Waals surface area contributed by atoms with Crippen molar-refractivity contribution in [1.29, 1.82) is 0 Å². The molecule has 0 aliphatic carbocycles. The number of ether oxygens (including phenoxy) is 1. The molecule has 2 N–H and O–H groups in total. The fourth-order valence-corrected chi connectivity index (χ4v) is 2.52. The van der Waals surface area contributed by atoms with Crippen LogP contribution in [0.5, 0.6) is 5.75 Å². The van der Waals surface area contributed by atoms with Crippen molar-refractivity contribution in [3.05, 3.63) is 29.1 Å². The standard InChI is InChI=1S/C13H19FN2O/c1-16-6-4-9-7-11(14)13(17-2)8-10(9)12(16)3-5-15/h7-8,12H,3-6,15H2,1-2H3. The summed E-state index contributed by atoms with van der Waals surface area (Å²) in [4.78, 5) is 2.27. The largest absolute Gasteiger partial charge is 0.494 e. The number of hydrogen-bond acceptors (Lipinski definition) is 3. The van der Waals surface area contributed by atoms with Gasteiger partial charge in [0.05, 0.1) is 7.11 Å². The molecule has 94 valence electrons. The van der Waals surface area contributed by atoms with Crippen LogP contribution in [0.2, 0.25) is 0 Å². The van der Waals surface area contributed by atoms with Gasteiger partial charge in [0.1, 0.15) is 0 Å². The van der Waals surface area contributed by atoms with E-state index in [0.717, 1.165) is 30.5 Å². The molecule has 1 heterocycles. The van der Waals surface area contributed by atoms with Gasteiger partial charge in [-0.3, -0.25) is 4.90 Å². The number of nitrogens with two attached hydrogens (primary N) is 1. The van der Waals surface area contributed by atoms with Crippen LogP contribution in [0.25, 0.3) is 0 Å². The molecule has 2 rings (SSSR count). The summed E-state index contributed by atoms with van der Waals surface area (Å²) in [5.74, 6) is 0.0448. The van der Waals surface area contributed by atoms with Gasteiger partial charge in [-0.15, -0.1) is 0 Å². The molecule has 3 nitrogen and oxygen atoms in total. The van der Waals surface area contributed by atoms with Gasteiger partial charge in [0, 0.05) is 12.6 Å². The molecule has 1 aromatic rings. The molecule has 1 unspecified atom stereocenters. The zero-order valence-electron chi connectivity index (χ0n) is 10.4. The lowest BCUT2D eigenvalue weighted by Crippen LogP contribution is -2.33. The predicted molar refractivity (Wildman–Crippen MR) is 65.7 cm³/mol. The van der Waals surface area contributed by atoms with Crippen LogP contribution in [0.1, 0.15) is 23.6 Å². The first-order chi connectivity index (χ1) is 8.17. The molecule has 4 heteroatoms. The molecule has 17 heavy (non-hydrogen) atoms. The van der Waals surface area contributed by atoms with Gasteiger partial charge in [-0.2, -0.15) is 0 Å². The average molecular weight is 238 g/mol. The van der Waals surface area contributed by atoms with E-state index in [-0.39, 0.29) is 11.9 Å². The second kappa shape index (κ2) is 5.02. The van der Waals surface area contributed by atoms with Crippen LogP contribution in [-0.4, -0.2) is 32.1 Å². The number of fused-ring (bicyclic) bond motifs is 1. The molecule has 1 aliphatic heterocycles. The number of nitrogens with zero attached hydrogens (tertiary/aromatic N) is 1. The number of likely N-dealkylation sites (N-methyl/N-ethyl adjacent to an activating group) is 1. The summed E-state index contributed by atoms with van der Waals surface area (Å²) >= 11 is 0. The van der Waals surface area contributed by atoms with Gasteiger partial charge >= 0.3 is 0 Å². The third-order valence-electron chi connectivity index (χ3n) is 3.48. The van der Waals surface area contributed by atoms with Gasteiger partial charge in [0.15, 0.2) is 11.6 Å². The molecule has 0 fully saturated rings. The number of hydrogen-bond donors (Lipinski definition) is 1. The van der Waals surface area contributed by atoms with Crippen molar-refractivity contribution in [1.82, 2.24) is 4.90 Å². The van der Waals surface area contributed by atoms with E-state index in [1.54, 1.807) is 6.07 Å². The van der Waals surface area contributed by atoms with E-state index >= 15 is 0 Å². The van der Waals surface area contributed by atoms with Crippen LogP contribution in [-0.2, 0) is 6.42 Å². The maximum Gasteiger partial charge on any atom is 0.165 e. The Morgan fingerprint density at radius 1 is 1.53 bits per heavy atom. The molecular formula is C13H19FN2O. The summed E-state index contributed by atoms with van der Waals surface area (Å²) in [6.45, 7) is 1.58.